The number of hydrogen-bond acceptors (Lipinski definition) is 6. The number of carbonyl (C=O) groups is 4. The molecule has 1 fully saturated rings. The number of benzene rings is 1. The number of ether oxygens (including phenoxy) is 2. The minimum Gasteiger partial charge on any atom is -0.486 e. The van der Waals surface area contributed by atoms with Crippen molar-refractivity contribution in [1.29, 1.82) is 0 Å². The number of hydrogen-bond donors (Lipinski definition) is 2. The van der Waals surface area contributed by atoms with Crippen molar-refractivity contribution in [2.75, 3.05) is 26.2 Å². The van der Waals surface area contributed by atoms with E-state index in [1.54, 1.807) is 23.1 Å². The molecule has 1 aromatic rings. The Hall–Kier alpha value is -3.10. The number of nitrogens with zero attached hydrogens (tertiary/aromatic N) is 1. The lowest BCUT2D eigenvalue weighted by molar-refractivity contribution is -0.138. The summed E-state index contributed by atoms with van der Waals surface area (Å²) >= 11 is 0. The highest BCUT2D eigenvalue weighted by molar-refractivity contribution is 6.00. The molecule has 0 unspecified atom stereocenters. The maximum absolute atomic E-state index is 12.6. The van der Waals surface area contributed by atoms with Crippen molar-refractivity contribution in [2.45, 2.75) is 31.8 Å². The number of Topliss-reactive ketones (excluding diaryl/α,β-unsaturated/α-hetero) is 1. The van der Waals surface area contributed by atoms with E-state index in [2.05, 4.69) is 5.32 Å². The molecular formula is C19H22N2O7. The van der Waals surface area contributed by atoms with Crippen LogP contribution in [-0.4, -0.2) is 65.4 Å². The number of nitrogens with one attached hydrogen (secondary N) is 1. The Kier molecular flexibility index (Phi) is 5.53. The molecule has 0 saturated carbocycles. The molecule has 0 bridgehead atoms. The van der Waals surface area contributed by atoms with E-state index in [4.69, 9.17) is 14.6 Å². The number of carboxylic acids is 1. The van der Waals surface area contributed by atoms with Crippen LogP contribution in [0.25, 0.3) is 0 Å². The molecule has 2 N–H and O–H groups in total. The van der Waals surface area contributed by atoms with E-state index >= 15 is 0 Å². The number of aliphatic carboxylic acids is 1. The number of amides is 2. The molecule has 0 aliphatic carbocycles. The van der Waals surface area contributed by atoms with Gasteiger partial charge in [0.2, 0.25) is 5.91 Å². The van der Waals surface area contributed by atoms with E-state index in [0.29, 0.717) is 43.0 Å². The van der Waals surface area contributed by atoms with E-state index in [0.717, 1.165) is 0 Å². The SMILES string of the molecule is CC(=O)N1CCC2(CC1)CC(=O)c1ccc(OCC(=O)NCC(=O)O)cc1O2. The van der Waals surface area contributed by atoms with Crippen LogP contribution in [0.5, 0.6) is 11.5 Å². The Balaban J connectivity index is 1.66. The van der Waals surface area contributed by atoms with Gasteiger partial charge in [0.25, 0.3) is 5.91 Å². The van der Waals surface area contributed by atoms with Gasteiger partial charge >= 0.3 is 5.97 Å². The summed E-state index contributed by atoms with van der Waals surface area (Å²) in [4.78, 5) is 47.9. The van der Waals surface area contributed by atoms with Gasteiger partial charge in [-0.15, -0.1) is 0 Å². The van der Waals surface area contributed by atoms with E-state index < -0.39 is 24.0 Å². The average molecular weight is 390 g/mol. The zero-order valence-electron chi connectivity index (χ0n) is 15.5. The Labute approximate surface area is 161 Å². The molecule has 1 spiro atoms. The minimum atomic E-state index is -1.14. The van der Waals surface area contributed by atoms with Gasteiger partial charge in [0.15, 0.2) is 12.4 Å². The normalized spacial score (nSPS) is 17.5. The number of likely N-dealkylation sites (tertiary alicyclic amines) is 1. The van der Waals surface area contributed by atoms with Gasteiger partial charge in [-0.3, -0.25) is 19.2 Å². The quantitative estimate of drug-likeness (QED) is 0.755. The number of fused-ring (bicyclic) bond motifs is 1. The molecule has 1 aromatic carbocycles. The first-order valence-electron chi connectivity index (χ1n) is 9.01. The molecule has 0 atom stereocenters. The third kappa shape index (κ3) is 4.41. The molecule has 9 heteroatoms. The van der Waals surface area contributed by atoms with Gasteiger partial charge in [-0.05, 0) is 12.1 Å². The van der Waals surface area contributed by atoms with E-state index in [-0.39, 0.29) is 24.7 Å². The van der Waals surface area contributed by atoms with Crippen molar-refractivity contribution in [3.8, 4) is 11.5 Å². The standard InChI is InChI=1S/C19H22N2O7/c1-12(22)21-6-4-19(5-7-21)9-15(23)14-3-2-13(8-16(14)28-19)27-11-17(24)20-10-18(25)26/h2-3,8H,4-7,9-11H2,1H3,(H,20,24)(H,25,26). The van der Waals surface area contributed by atoms with Crippen LogP contribution in [0.1, 0.15) is 36.5 Å². The summed E-state index contributed by atoms with van der Waals surface area (Å²) in [6, 6.07) is 4.73. The molecule has 2 amide bonds. The van der Waals surface area contributed by atoms with E-state index in [1.807, 2.05) is 0 Å². The number of piperidine rings is 1. The fourth-order valence-electron chi connectivity index (χ4n) is 3.45. The summed E-state index contributed by atoms with van der Waals surface area (Å²) in [6.07, 6.45) is 1.41. The Morgan fingerprint density at radius 1 is 1.29 bits per heavy atom. The largest absolute Gasteiger partial charge is 0.486 e. The lowest BCUT2D eigenvalue weighted by Crippen LogP contribution is -2.51. The second-order valence-corrected chi connectivity index (χ2v) is 7.01. The first kappa shape index (κ1) is 19.7. The van der Waals surface area contributed by atoms with Crippen molar-refractivity contribution in [3.63, 3.8) is 0 Å². The van der Waals surface area contributed by atoms with Crippen molar-refractivity contribution in [1.82, 2.24) is 10.2 Å². The van der Waals surface area contributed by atoms with Crippen LogP contribution in [-0.2, 0) is 14.4 Å². The van der Waals surface area contributed by atoms with Crippen molar-refractivity contribution in [2.24, 2.45) is 0 Å². The Morgan fingerprint density at radius 2 is 2.00 bits per heavy atom. The van der Waals surface area contributed by atoms with Gasteiger partial charge < -0.3 is 24.8 Å². The molecule has 0 radical (unpaired) electrons. The third-order valence-corrected chi connectivity index (χ3v) is 4.99. The highest BCUT2D eigenvalue weighted by atomic mass is 16.5. The minimum absolute atomic E-state index is 0.00856. The van der Waals surface area contributed by atoms with Crippen LogP contribution in [0, 0.1) is 0 Å². The summed E-state index contributed by atoms with van der Waals surface area (Å²) in [5.41, 5.74) is -0.171. The van der Waals surface area contributed by atoms with Gasteiger partial charge in [0, 0.05) is 38.9 Å². The zero-order chi connectivity index (χ0) is 20.3. The number of ketones is 1. The van der Waals surface area contributed by atoms with Gasteiger partial charge in [-0.2, -0.15) is 0 Å². The fraction of sp³-hybridized carbons (Fsp3) is 0.474. The molecule has 2 aliphatic rings. The average Bonchev–Trinajstić information content (AvgIpc) is 2.64. The summed E-state index contributed by atoms with van der Waals surface area (Å²) in [5, 5.41) is 10.7. The van der Waals surface area contributed by atoms with Crippen molar-refractivity contribution >= 4 is 23.6 Å². The summed E-state index contributed by atoms with van der Waals surface area (Å²) in [7, 11) is 0. The smallest absolute Gasteiger partial charge is 0.322 e. The van der Waals surface area contributed by atoms with E-state index in [1.165, 1.54) is 6.92 Å². The van der Waals surface area contributed by atoms with Crippen molar-refractivity contribution in [3.05, 3.63) is 23.8 Å². The highest BCUT2D eigenvalue weighted by Crippen LogP contribution is 2.40. The van der Waals surface area contributed by atoms with Crippen LogP contribution in [0.4, 0.5) is 0 Å². The molecule has 2 aliphatic heterocycles. The number of carboxylic acid groups (broad SMARTS) is 1. The molecule has 1 saturated heterocycles. The van der Waals surface area contributed by atoms with E-state index in [9.17, 15) is 19.2 Å². The predicted molar refractivity (Wildman–Crippen MR) is 96.4 cm³/mol. The second-order valence-electron chi connectivity index (χ2n) is 7.01. The summed E-state index contributed by atoms with van der Waals surface area (Å²) in [5.74, 6) is -0.982. The summed E-state index contributed by atoms with van der Waals surface area (Å²) in [6.45, 7) is 1.77. The van der Waals surface area contributed by atoms with Gasteiger partial charge in [0.05, 0.1) is 12.0 Å². The summed E-state index contributed by atoms with van der Waals surface area (Å²) < 4.78 is 11.5. The Morgan fingerprint density at radius 3 is 2.64 bits per heavy atom. The monoisotopic (exact) mass is 390 g/mol. The highest BCUT2D eigenvalue weighted by Gasteiger charge is 2.43. The lowest BCUT2D eigenvalue weighted by Gasteiger charge is -2.43. The third-order valence-electron chi connectivity index (χ3n) is 4.99. The Bertz CT molecular complexity index is 813. The second kappa shape index (κ2) is 7.87. The van der Waals surface area contributed by atoms with Crippen LogP contribution < -0.4 is 14.8 Å². The van der Waals surface area contributed by atoms with Crippen LogP contribution in [0.3, 0.4) is 0 Å². The van der Waals surface area contributed by atoms with Gasteiger partial charge in [-0.25, -0.2) is 0 Å². The molecular weight excluding hydrogens is 368 g/mol. The lowest BCUT2D eigenvalue weighted by atomic mass is 9.82. The fourth-order valence-corrected chi connectivity index (χ4v) is 3.45. The molecule has 150 valence electrons. The molecule has 9 nitrogen and oxygen atoms in total. The molecule has 0 aromatic heterocycles. The maximum atomic E-state index is 12.6. The van der Waals surface area contributed by atoms with Gasteiger partial charge in [0.1, 0.15) is 23.6 Å². The first-order chi connectivity index (χ1) is 13.3. The predicted octanol–water partition coefficient (Wildman–Crippen LogP) is 0.613. The van der Waals surface area contributed by atoms with Crippen LogP contribution in [0.2, 0.25) is 0 Å². The number of carbonyl (C=O) groups excluding carboxylic acids is 3. The molecule has 28 heavy (non-hydrogen) atoms. The van der Waals surface area contributed by atoms with Crippen LogP contribution in [0.15, 0.2) is 18.2 Å². The first-order valence-corrected chi connectivity index (χ1v) is 9.01. The van der Waals surface area contributed by atoms with Gasteiger partial charge in [-0.1, -0.05) is 0 Å². The van der Waals surface area contributed by atoms with Crippen LogP contribution >= 0.6 is 0 Å². The maximum Gasteiger partial charge on any atom is 0.322 e. The topological polar surface area (TPSA) is 122 Å². The van der Waals surface area contributed by atoms with Crippen molar-refractivity contribution < 1.29 is 33.8 Å². The zero-order valence-corrected chi connectivity index (χ0v) is 15.5. The molecule has 3 rings (SSSR count). The number of rotatable bonds is 5. The molecule has 2 heterocycles.